The van der Waals surface area contributed by atoms with E-state index in [1.807, 2.05) is 0 Å². The van der Waals surface area contributed by atoms with Crippen LogP contribution in [0, 0.1) is 11.7 Å². The first-order valence-electron chi connectivity index (χ1n) is 16.2. The van der Waals surface area contributed by atoms with Gasteiger partial charge in [-0.2, -0.15) is 0 Å². The van der Waals surface area contributed by atoms with Gasteiger partial charge in [-0.3, -0.25) is 15.0 Å². The first-order valence-corrected chi connectivity index (χ1v) is 16.9. The highest BCUT2D eigenvalue weighted by Gasteiger charge is 2.38. The van der Waals surface area contributed by atoms with Gasteiger partial charge < -0.3 is 19.3 Å². The van der Waals surface area contributed by atoms with Crippen molar-refractivity contribution in [2.24, 2.45) is 5.92 Å². The number of anilines is 1. The third-order valence-corrected chi connectivity index (χ3v) is 10.3. The lowest BCUT2D eigenvalue weighted by molar-refractivity contribution is -0.904. The van der Waals surface area contributed by atoms with Crippen molar-refractivity contribution in [2.75, 3.05) is 38.8 Å². The molecule has 2 bridgehead atoms. The second-order valence-corrected chi connectivity index (χ2v) is 13.3. The molecule has 3 saturated heterocycles. The van der Waals surface area contributed by atoms with Gasteiger partial charge >= 0.3 is 12.1 Å². The number of rotatable bonds is 11. The number of carboxylic acids is 1. The molecule has 1 amide bonds. The van der Waals surface area contributed by atoms with Crippen LogP contribution in [0.5, 0.6) is 11.5 Å². The van der Waals surface area contributed by atoms with Crippen molar-refractivity contribution in [2.45, 2.75) is 37.8 Å². The van der Waals surface area contributed by atoms with Crippen molar-refractivity contribution in [3.8, 4) is 11.5 Å². The molecule has 50 heavy (non-hydrogen) atoms. The number of methoxy groups -OCH3 is 2. The van der Waals surface area contributed by atoms with E-state index in [0.29, 0.717) is 40.3 Å². The van der Waals surface area contributed by atoms with Gasteiger partial charge in [-0.25, -0.2) is 14.0 Å². The number of aromatic carboxylic acids is 1. The van der Waals surface area contributed by atoms with Crippen LogP contribution in [0.3, 0.4) is 0 Å². The summed E-state index contributed by atoms with van der Waals surface area (Å²) in [5, 5.41) is 20.9. The number of pyridine rings is 1. The molecule has 2 N–H and O–H groups in total. The number of para-hydroxylation sites is 1. The summed E-state index contributed by atoms with van der Waals surface area (Å²) >= 11 is 13.2. The molecule has 3 fully saturated rings. The van der Waals surface area contributed by atoms with E-state index in [0.717, 1.165) is 30.7 Å². The fourth-order valence-corrected chi connectivity index (χ4v) is 7.68. The molecular weight excluding hydrogens is 688 g/mol. The van der Waals surface area contributed by atoms with Crippen molar-refractivity contribution in [3.05, 3.63) is 117 Å². The zero-order valence-corrected chi connectivity index (χ0v) is 29.0. The minimum absolute atomic E-state index is 0.00484. The van der Waals surface area contributed by atoms with Crippen LogP contribution in [0.4, 0.5) is 14.9 Å². The Morgan fingerprint density at radius 1 is 1.00 bits per heavy atom. The van der Waals surface area contributed by atoms with Crippen LogP contribution < -0.4 is 19.1 Å². The van der Waals surface area contributed by atoms with Crippen molar-refractivity contribution in [1.29, 1.82) is 0 Å². The van der Waals surface area contributed by atoms with E-state index in [4.69, 9.17) is 37.4 Å². The maximum Gasteiger partial charge on any atom is 0.415 e. The van der Waals surface area contributed by atoms with Crippen LogP contribution in [0.25, 0.3) is 0 Å². The van der Waals surface area contributed by atoms with Crippen LogP contribution in [0.1, 0.15) is 51.4 Å². The molecule has 10 nitrogen and oxygen atoms in total. The van der Waals surface area contributed by atoms with Crippen LogP contribution in [-0.2, 0) is 17.7 Å². The van der Waals surface area contributed by atoms with Crippen LogP contribution in [-0.4, -0.2) is 67.2 Å². The van der Waals surface area contributed by atoms with E-state index < -0.39 is 23.8 Å². The highest BCUT2D eigenvalue weighted by atomic mass is 35.5. The third kappa shape index (κ3) is 7.31. The predicted molar refractivity (Wildman–Crippen MR) is 184 cm³/mol. The van der Waals surface area contributed by atoms with Crippen LogP contribution in [0.2, 0.25) is 10.0 Å². The van der Waals surface area contributed by atoms with Crippen molar-refractivity contribution < 1.29 is 43.2 Å². The summed E-state index contributed by atoms with van der Waals surface area (Å²) in [5.41, 5.74) is 1.79. The Balaban J connectivity index is 1.49. The number of hydrogen-bond donors (Lipinski definition) is 2. The number of benzene rings is 3. The number of carboxylic acid groups (broad SMARTS) is 1. The Labute approximate surface area is 299 Å². The molecule has 3 aliphatic rings. The lowest BCUT2D eigenvalue weighted by Gasteiger charge is -2.44. The molecule has 1 aromatic heterocycles. The van der Waals surface area contributed by atoms with E-state index >= 15 is 4.39 Å². The largest absolute Gasteiger partial charge is 0.493 e. The molecule has 4 heterocycles. The maximum atomic E-state index is 15.5. The monoisotopic (exact) mass is 724 g/mol. The first-order chi connectivity index (χ1) is 24.1. The minimum atomic E-state index is -1.21. The molecule has 0 unspecified atom stereocenters. The van der Waals surface area contributed by atoms with Gasteiger partial charge in [0.15, 0.2) is 11.5 Å². The number of halogens is 3. The highest BCUT2D eigenvalue weighted by Crippen LogP contribution is 2.41. The van der Waals surface area contributed by atoms with Gasteiger partial charge in [-0.05, 0) is 85.3 Å². The number of carbonyl (C=O) groups excluding carboxylic acids is 1. The molecule has 13 heteroatoms. The summed E-state index contributed by atoms with van der Waals surface area (Å²) < 4.78 is 33.4. The Kier molecular flexibility index (Phi) is 10.7. The Hall–Kier alpha value is -4.58. The third-order valence-electron chi connectivity index (χ3n) is 9.60. The number of amides is 1. The lowest BCUT2D eigenvalue weighted by Crippen LogP contribution is -2.53. The van der Waals surface area contributed by atoms with E-state index in [1.165, 1.54) is 55.8 Å². The zero-order valence-electron chi connectivity index (χ0n) is 27.5. The normalized spacial score (nSPS) is 18.7. The van der Waals surface area contributed by atoms with Gasteiger partial charge in [0.1, 0.15) is 22.0 Å². The summed E-state index contributed by atoms with van der Waals surface area (Å²) in [6, 6.07) is 15.9. The van der Waals surface area contributed by atoms with E-state index in [-0.39, 0.29) is 46.3 Å². The number of carbonyl (C=O) groups is 2. The molecule has 3 aliphatic heterocycles. The smallest absolute Gasteiger partial charge is 0.415 e. The fraction of sp³-hybridized carbons (Fsp3) is 0.324. The summed E-state index contributed by atoms with van der Waals surface area (Å²) in [7, 11) is 3.00. The van der Waals surface area contributed by atoms with E-state index in [2.05, 4.69) is 4.90 Å². The summed E-state index contributed by atoms with van der Waals surface area (Å²) in [6.07, 6.45) is 3.39. The number of ether oxygens (including phenoxy) is 3. The molecule has 7 rings (SSSR count). The molecule has 0 saturated carbocycles. The highest BCUT2D eigenvalue weighted by molar-refractivity contribution is 6.35. The standard InChI is InChI=1S/C37H36Cl2FN3O7/c1-48-32-11-10-23(16-33(32)49-2)26(17-27-28(38)19-42(47)20-29(27)39)35-24(6-5-7-25(35)36(44)45)18-43(31-9-4-3-8-30(31)40)37(46)50-34-21-41-14-12-22(34)13-15-41/h3-11,16,19-20,22,26,34H,12-15,17-18,21H2,1-2H3,(H-,44,45,47)/p+1/t26-,34-/m0/s1. The first kappa shape index (κ1) is 35.3. The molecule has 0 aliphatic carbocycles. The average Bonchev–Trinajstić information content (AvgIpc) is 3.11. The van der Waals surface area contributed by atoms with Gasteiger partial charge in [-0.1, -0.05) is 53.5 Å². The Morgan fingerprint density at radius 3 is 2.32 bits per heavy atom. The van der Waals surface area contributed by atoms with Gasteiger partial charge in [0.2, 0.25) is 12.4 Å². The quantitative estimate of drug-likeness (QED) is 0.126. The summed E-state index contributed by atoms with van der Waals surface area (Å²) in [6.45, 7) is 2.29. The van der Waals surface area contributed by atoms with Gasteiger partial charge in [0.25, 0.3) is 0 Å². The SMILES string of the molecule is COc1ccc([C@H](Cc2c(Cl)c[n+](O)cc2Cl)c2c(CN(C(=O)O[C@H]3CN4CCC3CC4)c3ccccc3F)cccc2C(=O)O)cc1OC. The molecule has 0 spiro atoms. The average molecular weight is 726 g/mol. The number of hydrogen-bond acceptors (Lipinski definition) is 7. The van der Waals surface area contributed by atoms with Gasteiger partial charge in [0.05, 0.1) is 32.0 Å². The number of nitrogens with zero attached hydrogens (tertiary/aromatic N) is 3. The van der Waals surface area contributed by atoms with Crippen LogP contribution >= 0.6 is 23.2 Å². The minimum Gasteiger partial charge on any atom is -0.493 e. The van der Waals surface area contributed by atoms with Crippen molar-refractivity contribution in [3.63, 3.8) is 0 Å². The van der Waals surface area contributed by atoms with E-state index in [9.17, 15) is 19.9 Å². The van der Waals surface area contributed by atoms with Gasteiger partial charge in [0, 0.05) is 22.8 Å². The number of fused-ring (bicyclic) bond motifs is 3. The lowest BCUT2D eigenvalue weighted by atomic mass is 9.80. The second-order valence-electron chi connectivity index (χ2n) is 12.5. The van der Waals surface area contributed by atoms with E-state index in [1.54, 1.807) is 36.4 Å². The number of aromatic nitrogens is 1. The van der Waals surface area contributed by atoms with Crippen molar-refractivity contribution in [1.82, 2.24) is 4.90 Å². The molecule has 3 aromatic carbocycles. The Bertz CT molecular complexity index is 1880. The summed E-state index contributed by atoms with van der Waals surface area (Å²) in [4.78, 5) is 30.5. The van der Waals surface area contributed by atoms with Gasteiger partial charge in [-0.15, -0.1) is 0 Å². The Morgan fingerprint density at radius 2 is 1.70 bits per heavy atom. The molecule has 4 aromatic rings. The maximum absolute atomic E-state index is 15.5. The number of piperidine rings is 3. The second kappa shape index (κ2) is 15.1. The molecular formula is C37H37Cl2FN3O7+. The topological polar surface area (TPSA) is 113 Å². The van der Waals surface area contributed by atoms with Crippen molar-refractivity contribution >= 4 is 41.0 Å². The molecule has 262 valence electrons. The summed E-state index contributed by atoms with van der Waals surface area (Å²) in [5.74, 6) is -1.52. The fourth-order valence-electron chi connectivity index (χ4n) is 7.07. The van der Waals surface area contributed by atoms with Crippen LogP contribution in [0.15, 0.2) is 73.1 Å². The predicted octanol–water partition coefficient (Wildman–Crippen LogP) is 6.98. The zero-order chi connectivity index (χ0) is 35.5. The molecule has 0 radical (unpaired) electrons. The molecule has 2 atom stereocenters.